The molecule has 1 aromatic heterocycles. The molecule has 4 aromatic rings. The molecule has 5 rings (SSSR count). The molecule has 7 nitrogen and oxygen atoms in total. The highest BCUT2D eigenvalue weighted by atomic mass is 16.5. The van der Waals surface area contributed by atoms with Gasteiger partial charge in [0.05, 0.1) is 16.7 Å². The van der Waals surface area contributed by atoms with E-state index in [1.165, 1.54) is 0 Å². The maximum atomic E-state index is 13.3. The predicted molar refractivity (Wildman–Crippen MR) is 142 cm³/mol. The van der Waals surface area contributed by atoms with Gasteiger partial charge in [0.25, 0.3) is 11.8 Å². The summed E-state index contributed by atoms with van der Waals surface area (Å²) in [5.41, 5.74) is 2.57. The van der Waals surface area contributed by atoms with Crippen LogP contribution < -0.4 is 10.1 Å². The van der Waals surface area contributed by atoms with Gasteiger partial charge in [-0.3, -0.25) is 14.9 Å². The number of carbonyl (C=O) groups excluding carboxylic acids is 2. The van der Waals surface area contributed by atoms with Gasteiger partial charge in [0, 0.05) is 35.5 Å². The van der Waals surface area contributed by atoms with Crippen LogP contribution in [0.15, 0.2) is 73.4 Å². The van der Waals surface area contributed by atoms with Gasteiger partial charge in [-0.05, 0) is 37.0 Å². The van der Waals surface area contributed by atoms with Crippen LogP contribution in [0.25, 0.3) is 39.0 Å². The predicted octanol–water partition coefficient (Wildman–Crippen LogP) is 3.76. The number of nitrogens with zero attached hydrogens (tertiary/aromatic N) is 2. The largest absolute Gasteiger partial charge is 0.490 e. The van der Waals surface area contributed by atoms with Crippen molar-refractivity contribution in [3.63, 3.8) is 0 Å². The van der Waals surface area contributed by atoms with Crippen molar-refractivity contribution in [3.8, 4) is 5.75 Å². The fourth-order valence-corrected chi connectivity index (χ4v) is 4.80. The average Bonchev–Trinajstić information content (AvgIpc) is 3.37. The first-order valence-corrected chi connectivity index (χ1v) is 11.7. The average molecular weight is 482 g/mol. The standard InChI is InChI=1S/C29H27N3O4/c1-4-32-16-22(21-11-7-8-12-23(21)32)26-27(29(35)30-28(26)34)25-20-10-6-5-9-18(20)13-14-24(25)36-17-19(33)15-31(2)3/h4-14,16,19,33H,1,15,17H2,2-3H3,(H,30,34,35). The van der Waals surface area contributed by atoms with Crippen LogP contribution in [0.5, 0.6) is 5.75 Å². The summed E-state index contributed by atoms with van der Waals surface area (Å²) in [5, 5.41) is 15.4. The minimum Gasteiger partial charge on any atom is -0.490 e. The lowest BCUT2D eigenvalue weighted by Gasteiger charge is -2.19. The van der Waals surface area contributed by atoms with Crippen LogP contribution in [0, 0.1) is 0 Å². The van der Waals surface area contributed by atoms with E-state index < -0.39 is 17.9 Å². The number of amides is 2. The highest BCUT2D eigenvalue weighted by Crippen LogP contribution is 2.42. The molecule has 0 saturated carbocycles. The lowest BCUT2D eigenvalue weighted by Crippen LogP contribution is -2.30. The summed E-state index contributed by atoms with van der Waals surface area (Å²) in [5.74, 6) is -0.523. The molecule has 0 saturated heterocycles. The molecule has 0 spiro atoms. The molecule has 3 aromatic carbocycles. The molecular formula is C29H27N3O4. The number of nitrogens with one attached hydrogen (secondary N) is 1. The third-order valence-corrected chi connectivity index (χ3v) is 6.29. The zero-order chi connectivity index (χ0) is 25.4. The Hall–Kier alpha value is -4.20. The molecule has 1 aliphatic rings. The van der Waals surface area contributed by atoms with Crippen LogP contribution in [0.1, 0.15) is 11.1 Å². The van der Waals surface area contributed by atoms with Crippen LogP contribution in [0.4, 0.5) is 0 Å². The monoisotopic (exact) mass is 481 g/mol. The normalized spacial score (nSPS) is 14.7. The fraction of sp³-hybridized carbons (Fsp3) is 0.172. The third kappa shape index (κ3) is 4.08. The van der Waals surface area contributed by atoms with Crippen molar-refractivity contribution >= 4 is 50.8 Å². The number of fused-ring (bicyclic) bond motifs is 2. The lowest BCUT2D eigenvalue weighted by molar-refractivity contribution is -0.122. The van der Waals surface area contributed by atoms with Crippen molar-refractivity contribution in [2.45, 2.75) is 6.10 Å². The van der Waals surface area contributed by atoms with E-state index in [4.69, 9.17) is 4.74 Å². The molecule has 1 atom stereocenters. The van der Waals surface area contributed by atoms with Crippen molar-refractivity contribution in [1.29, 1.82) is 0 Å². The number of likely N-dealkylation sites (N-methyl/N-ethyl adjacent to an activating group) is 1. The number of aliphatic hydroxyl groups is 1. The summed E-state index contributed by atoms with van der Waals surface area (Å²) in [4.78, 5) is 28.4. The maximum Gasteiger partial charge on any atom is 0.259 e. The number of ether oxygens (including phenoxy) is 1. The molecule has 0 bridgehead atoms. The van der Waals surface area contributed by atoms with Gasteiger partial charge in [-0.25, -0.2) is 0 Å². The smallest absolute Gasteiger partial charge is 0.259 e. The quantitative estimate of drug-likeness (QED) is 0.375. The summed E-state index contributed by atoms with van der Waals surface area (Å²) >= 11 is 0. The Balaban J connectivity index is 1.75. The van der Waals surface area contributed by atoms with Crippen molar-refractivity contribution in [1.82, 2.24) is 14.8 Å². The Morgan fingerprint density at radius 2 is 1.69 bits per heavy atom. The first-order chi connectivity index (χ1) is 17.4. The molecule has 1 unspecified atom stereocenters. The first kappa shape index (κ1) is 23.5. The number of rotatable bonds is 8. The van der Waals surface area contributed by atoms with Gasteiger partial charge in [-0.2, -0.15) is 0 Å². The Bertz CT molecular complexity index is 1550. The summed E-state index contributed by atoms with van der Waals surface area (Å²) in [6.45, 7) is 4.35. The van der Waals surface area contributed by atoms with Crippen LogP contribution in [-0.4, -0.2) is 59.7 Å². The van der Waals surface area contributed by atoms with Crippen LogP contribution in [0.2, 0.25) is 0 Å². The minimum absolute atomic E-state index is 0.0392. The zero-order valence-electron chi connectivity index (χ0n) is 20.2. The number of hydrogen-bond acceptors (Lipinski definition) is 5. The van der Waals surface area contributed by atoms with E-state index in [1.54, 1.807) is 12.3 Å². The molecule has 36 heavy (non-hydrogen) atoms. The molecule has 0 radical (unpaired) electrons. The van der Waals surface area contributed by atoms with E-state index in [0.29, 0.717) is 23.4 Å². The van der Waals surface area contributed by atoms with Gasteiger partial charge < -0.3 is 19.3 Å². The summed E-state index contributed by atoms with van der Waals surface area (Å²) in [6.07, 6.45) is 2.76. The van der Waals surface area contributed by atoms with E-state index in [1.807, 2.05) is 84.4 Å². The van der Waals surface area contributed by atoms with Gasteiger partial charge in [-0.15, -0.1) is 0 Å². The van der Waals surface area contributed by atoms with E-state index in [2.05, 4.69) is 11.9 Å². The zero-order valence-corrected chi connectivity index (χ0v) is 20.2. The van der Waals surface area contributed by atoms with Crippen molar-refractivity contribution < 1.29 is 19.4 Å². The van der Waals surface area contributed by atoms with Gasteiger partial charge in [0.15, 0.2) is 0 Å². The number of aromatic nitrogens is 1. The van der Waals surface area contributed by atoms with Crippen LogP contribution in [-0.2, 0) is 9.59 Å². The van der Waals surface area contributed by atoms with Crippen LogP contribution >= 0.6 is 0 Å². The molecule has 2 amide bonds. The molecule has 0 fully saturated rings. The molecule has 2 N–H and O–H groups in total. The second kappa shape index (κ2) is 9.45. The molecule has 2 heterocycles. The maximum absolute atomic E-state index is 13.3. The third-order valence-electron chi connectivity index (χ3n) is 6.29. The minimum atomic E-state index is -0.725. The summed E-state index contributed by atoms with van der Waals surface area (Å²) in [7, 11) is 3.74. The Morgan fingerprint density at radius 1 is 1.00 bits per heavy atom. The number of imide groups is 1. The first-order valence-electron chi connectivity index (χ1n) is 11.7. The molecule has 182 valence electrons. The van der Waals surface area contributed by atoms with E-state index >= 15 is 0 Å². The van der Waals surface area contributed by atoms with Crippen LogP contribution in [0.3, 0.4) is 0 Å². The van der Waals surface area contributed by atoms with Crippen molar-refractivity contribution in [3.05, 3.63) is 84.6 Å². The molecular weight excluding hydrogens is 454 g/mol. The Kier molecular flexibility index (Phi) is 6.18. The SMILES string of the molecule is C=Cn1cc(C2=C(c3c(OCC(O)CN(C)C)ccc4ccccc34)C(=O)NC2=O)c2ccccc21. The lowest BCUT2D eigenvalue weighted by atomic mass is 9.91. The van der Waals surface area contributed by atoms with Gasteiger partial charge >= 0.3 is 0 Å². The van der Waals surface area contributed by atoms with Gasteiger partial charge in [-0.1, -0.05) is 55.1 Å². The van der Waals surface area contributed by atoms with Crippen molar-refractivity contribution in [2.24, 2.45) is 0 Å². The Labute approximate surface area is 208 Å². The highest BCUT2D eigenvalue weighted by Gasteiger charge is 2.36. The number of aliphatic hydroxyl groups excluding tert-OH is 1. The number of benzene rings is 3. The molecule has 0 aliphatic carbocycles. The second-order valence-electron chi connectivity index (χ2n) is 9.07. The van der Waals surface area contributed by atoms with E-state index in [9.17, 15) is 14.7 Å². The van der Waals surface area contributed by atoms with Gasteiger partial charge in [0.2, 0.25) is 0 Å². The number of carbonyl (C=O) groups is 2. The second-order valence-corrected chi connectivity index (χ2v) is 9.07. The highest BCUT2D eigenvalue weighted by molar-refractivity contribution is 6.51. The number of para-hydroxylation sites is 1. The Morgan fingerprint density at radius 3 is 2.44 bits per heavy atom. The summed E-state index contributed by atoms with van der Waals surface area (Å²) in [6, 6.07) is 19.0. The molecule has 1 aliphatic heterocycles. The summed E-state index contributed by atoms with van der Waals surface area (Å²) < 4.78 is 7.92. The number of hydrogen-bond donors (Lipinski definition) is 2. The van der Waals surface area contributed by atoms with Gasteiger partial charge in [0.1, 0.15) is 18.5 Å². The van der Waals surface area contributed by atoms with E-state index in [0.717, 1.165) is 21.7 Å². The molecule has 7 heteroatoms. The van der Waals surface area contributed by atoms with Crippen molar-refractivity contribution in [2.75, 3.05) is 27.2 Å². The topological polar surface area (TPSA) is 83.8 Å². The fourth-order valence-electron chi connectivity index (χ4n) is 4.80. The van der Waals surface area contributed by atoms with E-state index in [-0.39, 0.29) is 17.8 Å².